The van der Waals surface area contributed by atoms with Gasteiger partial charge in [-0.2, -0.15) is 0 Å². The maximum atomic E-state index is 11.9. The number of nitrogens with zero attached hydrogens (tertiary/aromatic N) is 1. The molecule has 18 heavy (non-hydrogen) atoms. The molecule has 1 aromatic heterocycles. The van der Waals surface area contributed by atoms with Gasteiger partial charge in [-0.15, -0.1) is 0 Å². The second-order valence-electron chi connectivity index (χ2n) is 4.53. The summed E-state index contributed by atoms with van der Waals surface area (Å²) in [6, 6.07) is 5.46. The quantitative estimate of drug-likeness (QED) is 0.821. The lowest BCUT2D eigenvalue weighted by atomic mass is 10.0. The molecule has 4 nitrogen and oxygen atoms in total. The number of halogens is 1. The predicted molar refractivity (Wildman–Crippen MR) is 71.7 cm³/mol. The lowest BCUT2D eigenvalue weighted by molar-refractivity contribution is -0.124. The van der Waals surface area contributed by atoms with Crippen LogP contribution in [0, 0.1) is 0 Å². The van der Waals surface area contributed by atoms with Crippen molar-refractivity contribution in [2.45, 2.75) is 6.04 Å². The molecule has 0 aliphatic carbocycles. The second-order valence-corrected chi connectivity index (χ2v) is 4.97. The maximum Gasteiger partial charge on any atom is 0.241 e. The van der Waals surface area contributed by atoms with Gasteiger partial charge in [-0.25, -0.2) is 0 Å². The minimum atomic E-state index is -0.291. The number of aryl methyl sites for hydroxylation is 1. The van der Waals surface area contributed by atoms with E-state index in [4.69, 9.17) is 11.6 Å². The van der Waals surface area contributed by atoms with Crippen LogP contribution >= 0.6 is 11.6 Å². The van der Waals surface area contributed by atoms with Crippen LogP contribution in [0.4, 0.5) is 0 Å². The number of aromatic nitrogens is 1. The molecule has 1 aliphatic rings. The van der Waals surface area contributed by atoms with Crippen LogP contribution in [0.5, 0.6) is 0 Å². The zero-order valence-corrected chi connectivity index (χ0v) is 10.8. The van der Waals surface area contributed by atoms with Crippen molar-refractivity contribution >= 4 is 28.4 Å². The van der Waals surface area contributed by atoms with Crippen LogP contribution in [0.25, 0.3) is 10.9 Å². The monoisotopic (exact) mass is 263 g/mol. The number of fused-ring (bicyclic) bond motifs is 1. The van der Waals surface area contributed by atoms with Gasteiger partial charge in [-0.1, -0.05) is 11.6 Å². The van der Waals surface area contributed by atoms with Crippen molar-refractivity contribution in [2.75, 3.05) is 13.1 Å². The van der Waals surface area contributed by atoms with Crippen LogP contribution in [0.1, 0.15) is 11.6 Å². The van der Waals surface area contributed by atoms with Gasteiger partial charge in [0, 0.05) is 47.8 Å². The van der Waals surface area contributed by atoms with Crippen molar-refractivity contribution in [3.63, 3.8) is 0 Å². The SMILES string of the molecule is Cn1cc(C2NCCNC2=O)c2cc(Cl)ccc21. The van der Waals surface area contributed by atoms with Crippen LogP contribution in [0.15, 0.2) is 24.4 Å². The summed E-state index contributed by atoms with van der Waals surface area (Å²) in [4.78, 5) is 11.9. The molecule has 2 aromatic rings. The van der Waals surface area contributed by atoms with Gasteiger partial charge < -0.3 is 15.2 Å². The molecule has 5 heteroatoms. The van der Waals surface area contributed by atoms with E-state index in [1.807, 2.05) is 36.0 Å². The van der Waals surface area contributed by atoms with Gasteiger partial charge in [0.25, 0.3) is 0 Å². The molecule has 0 saturated carbocycles. The summed E-state index contributed by atoms with van der Waals surface area (Å²) in [6.45, 7) is 1.47. The molecule has 1 amide bonds. The third-order valence-electron chi connectivity index (χ3n) is 3.33. The molecule has 94 valence electrons. The Morgan fingerprint density at radius 1 is 1.39 bits per heavy atom. The molecule has 2 heterocycles. The third-order valence-corrected chi connectivity index (χ3v) is 3.56. The van der Waals surface area contributed by atoms with Crippen molar-refractivity contribution in [1.82, 2.24) is 15.2 Å². The van der Waals surface area contributed by atoms with Crippen molar-refractivity contribution in [3.05, 3.63) is 35.0 Å². The highest BCUT2D eigenvalue weighted by molar-refractivity contribution is 6.31. The van der Waals surface area contributed by atoms with E-state index in [1.54, 1.807) is 0 Å². The smallest absolute Gasteiger partial charge is 0.241 e. The number of benzene rings is 1. The first-order valence-corrected chi connectivity index (χ1v) is 6.30. The van der Waals surface area contributed by atoms with E-state index < -0.39 is 0 Å². The molecule has 0 radical (unpaired) electrons. The number of carbonyl (C=O) groups is 1. The number of amides is 1. The third kappa shape index (κ3) is 1.78. The number of hydrogen-bond acceptors (Lipinski definition) is 2. The largest absolute Gasteiger partial charge is 0.353 e. The summed E-state index contributed by atoms with van der Waals surface area (Å²) >= 11 is 6.04. The first-order valence-electron chi connectivity index (χ1n) is 5.92. The maximum absolute atomic E-state index is 11.9. The lowest BCUT2D eigenvalue weighted by Crippen LogP contribution is -2.47. The van der Waals surface area contributed by atoms with Gasteiger partial charge in [0.05, 0.1) is 0 Å². The number of carbonyl (C=O) groups excluding carboxylic acids is 1. The Morgan fingerprint density at radius 3 is 3.00 bits per heavy atom. The van der Waals surface area contributed by atoms with Crippen molar-refractivity contribution in [2.24, 2.45) is 7.05 Å². The van der Waals surface area contributed by atoms with Crippen LogP contribution in [-0.4, -0.2) is 23.6 Å². The number of nitrogens with one attached hydrogen (secondary N) is 2. The van der Waals surface area contributed by atoms with E-state index in [1.165, 1.54) is 0 Å². The standard InChI is InChI=1S/C13H14ClN3O/c1-17-7-10(12-13(18)16-5-4-15-12)9-6-8(14)2-3-11(9)17/h2-3,6-7,12,15H,4-5H2,1H3,(H,16,18). The molecule has 3 rings (SSSR count). The summed E-state index contributed by atoms with van der Waals surface area (Å²) in [5.74, 6) is 0.0220. The summed E-state index contributed by atoms with van der Waals surface area (Å²) < 4.78 is 2.02. The molecule has 1 aliphatic heterocycles. The van der Waals surface area contributed by atoms with Crippen molar-refractivity contribution < 1.29 is 4.79 Å². The fourth-order valence-corrected chi connectivity index (χ4v) is 2.65. The van der Waals surface area contributed by atoms with E-state index in [0.29, 0.717) is 11.6 Å². The van der Waals surface area contributed by atoms with E-state index in [9.17, 15) is 4.79 Å². The summed E-state index contributed by atoms with van der Waals surface area (Å²) in [5, 5.41) is 7.83. The number of piperazine rings is 1. The Morgan fingerprint density at radius 2 is 2.22 bits per heavy atom. The van der Waals surface area contributed by atoms with Crippen LogP contribution in [0.2, 0.25) is 5.02 Å². The first kappa shape index (κ1) is 11.6. The molecular weight excluding hydrogens is 250 g/mol. The predicted octanol–water partition coefficient (Wildman–Crippen LogP) is 1.59. The average Bonchev–Trinajstić information content (AvgIpc) is 2.67. The van der Waals surface area contributed by atoms with Crippen LogP contribution in [-0.2, 0) is 11.8 Å². The van der Waals surface area contributed by atoms with Gasteiger partial charge >= 0.3 is 0 Å². The molecule has 0 bridgehead atoms. The normalized spacial score (nSPS) is 20.1. The van der Waals surface area contributed by atoms with E-state index in [2.05, 4.69) is 10.6 Å². The molecule has 1 atom stereocenters. The van der Waals surface area contributed by atoms with Gasteiger partial charge in [0.15, 0.2) is 0 Å². The van der Waals surface area contributed by atoms with E-state index in [0.717, 1.165) is 23.0 Å². The lowest BCUT2D eigenvalue weighted by Gasteiger charge is -2.23. The minimum absolute atomic E-state index is 0.0220. The van der Waals surface area contributed by atoms with Gasteiger partial charge in [-0.05, 0) is 18.2 Å². The minimum Gasteiger partial charge on any atom is -0.353 e. The Labute approximate surface area is 110 Å². The molecule has 1 unspecified atom stereocenters. The van der Waals surface area contributed by atoms with Gasteiger partial charge in [-0.3, -0.25) is 4.79 Å². The molecular formula is C13H14ClN3O. The number of rotatable bonds is 1. The molecule has 1 aromatic carbocycles. The summed E-state index contributed by atoms with van der Waals surface area (Å²) in [5.41, 5.74) is 2.06. The van der Waals surface area contributed by atoms with Gasteiger partial charge in [0.2, 0.25) is 5.91 Å². The zero-order valence-electron chi connectivity index (χ0n) is 10.0. The average molecular weight is 264 g/mol. The Balaban J connectivity index is 2.16. The Kier molecular flexibility index (Phi) is 2.76. The van der Waals surface area contributed by atoms with Gasteiger partial charge in [0.1, 0.15) is 6.04 Å². The van der Waals surface area contributed by atoms with Crippen molar-refractivity contribution in [1.29, 1.82) is 0 Å². The molecule has 0 spiro atoms. The number of hydrogen-bond donors (Lipinski definition) is 2. The first-order chi connectivity index (χ1) is 8.66. The van der Waals surface area contributed by atoms with Crippen LogP contribution < -0.4 is 10.6 Å². The second kappa shape index (κ2) is 4.30. The fourth-order valence-electron chi connectivity index (χ4n) is 2.47. The highest BCUT2D eigenvalue weighted by Gasteiger charge is 2.26. The fraction of sp³-hybridized carbons (Fsp3) is 0.308. The van der Waals surface area contributed by atoms with Crippen LogP contribution in [0.3, 0.4) is 0 Å². The highest BCUT2D eigenvalue weighted by atomic mass is 35.5. The van der Waals surface area contributed by atoms with Crippen molar-refractivity contribution in [3.8, 4) is 0 Å². The summed E-state index contributed by atoms with van der Waals surface area (Å²) in [6.07, 6.45) is 1.99. The topological polar surface area (TPSA) is 46.1 Å². The molecule has 1 saturated heterocycles. The highest BCUT2D eigenvalue weighted by Crippen LogP contribution is 2.29. The zero-order chi connectivity index (χ0) is 12.7. The molecule has 2 N–H and O–H groups in total. The van der Waals surface area contributed by atoms with E-state index >= 15 is 0 Å². The summed E-state index contributed by atoms with van der Waals surface area (Å²) in [7, 11) is 1.97. The van der Waals surface area contributed by atoms with E-state index in [-0.39, 0.29) is 11.9 Å². The molecule has 1 fully saturated rings. The Bertz CT molecular complexity index is 620. The Hall–Kier alpha value is -1.52.